The first-order valence-electron chi connectivity index (χ1n) is 12.8. The van der Waals surface area contributed by atoms with Crippen molar-refractivity contribution < 1.29 is 49.7 Å². The highest BCUT2D eigenvalue weighted by molar-refractivity contribution is 5.93. The van der Waals surface area contributed by atoms with Crippen molar-refractivity contribution in [3.05, 3.63) is 41.1 Å². The Hall–Kier alpha value is -4.03. The summed E-state index contributed by atoms with van der Waals surface area (Å²) in [6, 6.07) is 0.866. The number of methoxy groups -OCH3 is 1. The molecule has 0 atom stereocenters. The lowest BCUT2D eigenvalue weighted by atomic mass is 9.97. The summed E-state index contributed by atoms with van der Waals surface area (Å²) in [7, 11) is 3.25. The van der Waals surface area contributed by atoms with Crippen LogP contribution in [0.4, 0.5) is 35.5 Å². The number of ether oxygens (including phenoxy) is 1. The molecule has 5 rings (SSSR count). The highest BCUT2D eigenvalue weighted by Gasteiger charge is 2.41. The first kappa shape index (κ1) is 33.5. The Balaban J connectivity index is 0.000000389. The average molecular weight is 627 g/mol. The molecule has 3 aromatic rings. The fourth-order valence-corrected chi connectivity index (χ4v) is 4.06. The molecule has 1 aliphatic carbocycles. The Kier molecular flexibility index (Phi) is 10.9. The van der Waals surface area contributed by atoms with Crippen LogP contribution in [-0.4, -0.2) is 80.9 Å². The molecule has 0 radical (unpaired) electrons. The minimum Gasteiger partial charge on any atom is -0.388 e. The summed E-state index contributed by atoms with van der Waals surface area (Å²) in [4.78, 5) is 28.9. The third-order valence-corrected chi connectivity index (χ3v) is 5.99. The number of carbonyl (C=O) groups is 2. The van der Waals surface area contributed by atoms with Crippen molar-refractivity contribution in [2.75, 3.05) is 27.3 Å². The van der Waals surface area contributed by atoms with E-state index in [1.165, 1.54) is 23.0 Å². The number of carbonyl (C=O) groups excluding carboxylic acids is 2. The van der Waals surface area contributed by atoms with Crippen molar-refractivity contribution >= 4 is 17.6 Å². The molecule has 19 heteroatoms. The van der Waals surface area contributed by atoms with E-state index >= 15 is 0 Å². The van der Waals surface area contributed by atoms with Crippen molar-refractivity contribution in [1.82, 2.24) is 40.4 Å². The van der Waals surface area contributed by atoms with Crippen LogP contribution in [0.1, 0.15) is 59.5 Å². The van der Waals surface area contributed by atoms with Gasteiger partial charge >= 0.3 is 12.2 Å². The molecule has 0 spiro atoms. The van der Waals surface area contributed by atoms with E-state index < -0.39 is 54.4 Å². The van der Waals surface area contributed by atoms with Crippen molar-refractivity contribution in [1.29, 1.82) is 0 Å². The number of nitrogens with zero attached hydrogens (tertiary/aromatic N) is 6. The molecule has 1 aliphatic heterocycles. The molecule has 238 valence electrons. The molecule has 0 bridgehead atoms. The summed E-state index contributed by atoms with van der Waals surface area (Å²) in [6.45, 7) is -1.87. The number of rotatable bonds is 5. The van der Waals surface area contributed by atoms with Crippen LogP contribution in [0.25, 0.3) is 5.65 Å². The van der Waals surface area contributed by atoms with Gasteiger partial charge in [-0.3, -0.25) is 4.79 Å². The highest BCUT2D eigenvalue weighted by Crippen LogP contribution is 2.32. The van der Waals surface area contributed by atoms with Gasteiger partial charge in [0.2, 0.25) is 17.3 Å². The molecule has 43 heavy (non-hydrogen) atoms. The predicted molar refractivity (Wildman–Crippen MR) is 133 cm³/mol. The van der Waals surface area contributed by atoms with Gasteiger partial charge in [-0.2, -0.15) is 18.3 Å². The van der Waals surface area contributed by atoms with Crippen LogP contribution in [0.2, 0.25) is 0 Å². The topological polar surface area (TPSA) is 140 Å². The Bertz CT molecular complexity index is 1370. The van der Waals surface area contributed by atoms with Gasteiger partial charge in [-0.15, -0.1) is 0 Å². The zero-order valence-corrected chi connectivity index (χ0v) is 23.1. The number of hydrogen-bond donors (Lipinski definition) is 2. The SMILES string of the molecule is COC.FC1(F)CCCCC1.O=C(NCc1cn2ncc(CN3CC(F)(F)CNC3=O)cc2n1)c1nonc1C(F)(F)F. The van der Waals surface area contributed by atoms with Crippen molar-refractivity contribution in [2.45, 2.75) is 63.2 Å². The zero-order valence-electron chi connectivity index (χ0n) is 23.1. The summed E-state index contributed by atoms with van der Waals surface area (Å²) in [5.74, 6) is -6.55. The molecule has 0 unspecified atom stereocenters. The summed E-state index contributed by atoms with van der Waals surface area (Å²) in [6.07, 6.45) is 0.515. The summed E-state index contributed by atoms with van der Waals surface area (Å²) < 4.78 is 99.4. The van der Waals surface area contributed by atoms with E-state index in [9.17, 15) is 40.3 Å². The van der Waals surface area contributed by atoms with Gasteiger partial charge < -0.3 is 20.3 Å². The van der Waals surface area contributed by atoms with E-state index in [0.29, 0.717) is 18.4 Å². The second-order valence-corrected chi connectivity index (χ2v) is 9.74. The molecule has 2 fully saturated rings. The number of fused-ring (bicyclic) bond motifs is 1. The molecule has 12 nitrogen and oxygen atoms in total. The van der Waals surface area contributed by atoms with E-state index in [2.05, 4.69) is 40.4 Å². The summed E-state index contributed by atoms with van der Waals surface area (Å²) in [5.41, 5.74) is -1.62. The van der Waals surface area contributed by atoms with Gasteiger partial charge in [0.25, 0.3) is 11.8 Å². The van der Waals surface area contributed by atoms with Gasteiger partial charge in [0.15, 0.2) is 5.65 Å². The van der Waals surface area contributed by atoms with Gasteiger partial charge in [0.1, 0.15) is 0 Å². The fourth-order valence-electron chi connectivity index (χ4n) is 4.06. The largest absolute Gasteiger partial charge is 0.439 e. The highest BCUT2D eigenvalue weighted by atomic mass is 19.4. The van der Waals surface area contributed by atoms with Crippen LogP contribution in [-0.2, 0) is 24.0 Å². The van der Waals surface area contributed by atoms with Gasteiger partial charge in [-0.25, -0.2) is 36.5 Å². The maximum atomic E-state index is 13.5. The molecular weight excluding hydrogens is 597 g/mol. The number of imidazole rings is 1. The third-order valence-electron chi connectivity index (χ3n) is 5.99. The van der Waals surface area contributed by atoms with Crippen molar-refractivity contribution in [3.8, 4) is 0 Å². The number of hydrogen-bond acceptors (Lipinski definition) is 8. The van der Waals surface area contributed by atoms with Crippen LogP contribution in [0, 0.1) is 0 Å². The molecular formula is C24H29F7N8O4. The second-order valence-electron chi connectivity index (χ2n) is 9.74. The number of alkyl halides is 7. The minimum atomic E-state index is -4.91. The van der Waals surface area contributed by atoms with Gasteiger partial charge in [-0.05, 0) is 34.8 Å². The van der Waals surface area contributed by atoms with Crippen molar-refractivity contribution in [3.63, 3.8) is 0 Å². The van der Waals surface area contributed by atoms with E-state index in [-0.39, 0.29) is 37.3 Å². The molecule has 1 saturated carbocycles. The third kappa shape index (κ3) is 9.75. The standard InChI is InChI=1S/C16H13F5N8O3.C6H10F2.C2H6O/c17-15(18)6-23-14(31)28(7-15)4-8-1-10-25-9(5-29(10)24-2-8)3-22-13(30)11-12(16(19,20)21)27-32-26-11;7-6(8)4-2-1-3-5-6;1-3-2/h1-2,5H,3-4,6-7H2,(H,22,30)(H,23,31);1-5H2;1-2H3. The first-order chi connectivity index (χ1) is 20.1. The summed E-state index contributed by atoms with van der Waals surface area (Å²) >= 11 is 0. The Morgan fingerprint density at radius 2 is 1.79 bits per heavy atom. The van der Waals surface area contributed by atoms with E-state index in [0.717, 1.165) is 11.3 Å². The van der Waals surface area contributed by atoms with Crippen LogP contribution in [0.5, 0.6) is 0 Å². The fraction of sp³-hybridized carbons (Fsp3) is 0.583. The lowest BCUT2D eigenvalue weighted by molar-refractivity contribution is -0.143. The van der Waals surface area contributed by atoms with Crippen LogP contribution in [0.3, 0.4) is 0 Å². The Labute approximate surface area is 239 Å². The van der Waals surface area contributed by atoms with Crippen LogP contribution >= 0.6 is 0 Å². The van der Waals surface area contributed by atoms with E-state index in [1.807, 2.05) is 0 Å². The lowest BCUT2D eigenvalue weighted by Crippen LogP contribution is -2.56. The predicted octanol–water partition coefficient (Wildman–Crippen LogP) is 4.07. The average Bonchev–Trinajstić information content (AvgIpc) is 3.57. The van der Waals surface area contributed by atoms with Gasteiger partial charge in [0.05, 0.1) is 37.7 Å². The number of nitrogens with one attached hydrogen (secondary N) is 2. The normalized spacial score (nSPS) is 17.7. The van der Waals surface area contributed by atoms with Gasteiger partial charge in [0, 0.05) is 33.6 Å². The van der Waals surface area contributed by atoms with Crippen LogP contribution in [0.15, 0.2) is 23.1 Å². The Morgan fingerprint density at radius 3 is 2.40 bits per heavy atom. The Morgan fingerprint density at radius 1 is 1.12 bits per heavy atom. The summed E-state index contributed by atoms with van der Waals surface area (Å²) in [5, 5.41) is 14.1. The number of halogens is 7. The molecule has 2 N–H and O–H groups in total. The zero-order chi connectivity index (χ0) is 31.8. The molecule has 3 aromatic heterocycles. The smallest absolute Gasteiger partial charge is 0.388 e. The molecule has 0 aromatic carbocycles. The van der Waals surface area contributed by atoms with E-state index in [1.54, 1.807) is 14.2 Å². The number of urea groups is 1. The monoisotopic (exact) mass is 626 g/mol. The lowest BCUT2D eigenvalue weighted by Gasteiger charge is -2.32. The molecule has 2 aliphatic rings. The van der Waals surface area contributed by atoms with E-state index in [4.69, 9.17) is 0 Å². The second kappa shape index (κ2) is 14.0. The maximum absolute atomic E-state index is 13.5. The maximum Gasteiger partial charge on any atom is 0.439 e. The molecule has 3 amide bonds. The van der Waals surface area contributed by atoms with Crippen LogP contribution < -0.4 is 10.6 Å². The first-order valence-corrected chi connectivity index (χ1v) is 12.8. The molecule has 4 heterocycles. The number of aromatic nitrogens is 5. The quantitative estimate of drug-likeness (QED) is 0.404. The number of amides is 3. The van der Waals surface area contributed by atoms with Crippen molar-refractivity contribution in [2.24, 2.45) is 0 Å². The van der Waals surface area contributed by atoms with Gasteiger partial charge in [-0.1, -0.05) is 6.42 Å². The minimum absolute atomic E-state index is 0.118. The molecule has 1 saturated heterocycles.